The molecule has 1 aromatic carbocycles. The third-order valence-electron chi connectivity index (χ3n) is 4.72. The topological polar surface area (TPSA) is 65.9 Å². The van der Waals surface area contributed by atoms with E-state index in [-0.39, 0.29) is 29.7 Å². The van der Waals surface area contributed by atoms with Crippen LogP contribution in [0, 0.1) is 5.92 Å². The second kappa shape index (κ2) is 10.6. The third kappa shape index (κ3) is 6.03. The number of methoxy groups -OCH3 is 1. The van der Waals surface area contributed by atoms with Gasteiger partial charge in [0.25, 0.3) is 0 Å². The van der Waals surface area contributed by atoms with E-state index < -0.39 is 0 Å². The number of nitrogens with one attached hydrogen (secondary N) is 2. The highest BCUT2D eigenvalue weighted by molar-refractivity contribution is 14.0. The van der Waals surface area contributed by atoms with E-state index in [0.717, 1.165) is 23.2 Å². The number of hydrogen-bond donors (Lipinski definition) is 3. The molecule has 0 saturated heterocycles. The Morgan fingerprint density at radius 3 is 2.58 bits per heavy atom. The summed E-state index contributed by atoms with van der Waals surface area (Å²) in [5.41, 5.74) is 0.794. The van der Waals surface area contributed by atoms with E-state index in [2.05, 4.69) is 22.5 Å². The van der Waals surface area contributed by atoms with E-state index in [1.54, 1.807) is 26.3 Å². The fourth-order valence-electron chi connectivity index (χ4n) is 3.11. The predicted molar refractivity (Wildman–Crippen MR) is 109 cm³/mol. The van der Waals surface area contributed by atoms with Crippen LogP contribution in [0.3, 0.4) is 0 Å². The lowest BCUT2D eigenvalue weighted by Crippen LogP contribution is -2.44. The average molecular weight is 447 g/mol. The molecule has 5 nitrogen and oxygen atoms in total. The highest BCUT2D eigenvalue weighted by Crippen LogP contribution is 2.26. The smallest absolute Gasteiger partial charge is 0.191 e. The maximum atomic E-state index is 9.94. The van der Waals surface area contributed by atoms with Gasteiger partial charge in [0.2, 0.25) is 0 Å². The van der Waals surface area contributed by atoms with Crippen LogP contribution in [-0.2, 0) is 6.54 Å². The van der Waals surface area contributed by atoms with Crippen molar-refractivity contribution in [1.82, 2.24) is 10.6 Å². The van der Waals surface area contributed by atoms with E-state index in [1.165, 1.54) is 32.1 Å². The molecule has 0 heterocycles. The first kappa shape index (κ1) is 20.9. The first-order valence-electron chi connectivity index (χ1n) is 8.49. The minimum Gasteiger partial charge on any atom is -0.508 e. The van der Waals surface area contributed by atoms with Crippen LogP contribution < -0.4 is 15.4 Å². The molecule has 0 radical (unpaired) electrons. The summed E-state index contributed by atoms with van der Waals surface area (Å²) in [7, 11) is 3.40. The number of phenolic OH excluding ortho intramolecular Hbond substituents is 1. The van der Waals surface area contributed by atoms with Crippen molar-refractivity contribution in [2.45, 2.75) is 51.6 Å². The summed E-state index contributed by atoms with van der Waals surface area (Å²) in [4.78, 5) is 4.29. The summed E-state index contributed by atoms with van der Waals surface area (Å²) in [5, 5.41) is 16.7. The van der Waals surface area contributed by atoms with E-state index in [9.17, 15) is 5.11 Å². The predicted octanol–water partition coefficient (Wildman–Crippen LogP) is 3.65. The number of ether oxygens (including phenoxy) is 1. The van der Waals surface area contributed by atoms with Crippen LogP contribution in [0.2, 0.25) is 0 Å². The molecule has 0 atom stereocenters. The molecule has 0 amide bonds. The molecule has 0 spiro atoms. The highest BCUT2D eigenvalue weighted by atomic mass is 127. The Hall–Kier alpha value is -1.18. The number of nitrogens with zero attached hydrogens (tertiary/aromatic N) is 1. The second-order valence-electron chi connectivity index (χ2n) is 6.19. The number of rotatable bonds is 5. The first-order valence-corrected chi connectivity index (χ1v) is 8.49. The molecule has 3 N–H and O–H groups in total. The van der Waals surface area contributed by atoms with Crippen molar-refractivity contribution in [3.63, 3.8) is 0 Å². The molecule has 1 aromatic rings. The standard InChI is InChI=1S/C18H29N3O2.HI/c1-4-13-5-7-15(8-6-13)21-18(19-2)20-12-14-11-16(23-3)9-10-17(14)22;/h9-11,13,15,22H,4-8,12H2,1-3H3,(H2,19,20,21);1H. The SMILES string of the molecule is CCC1CCC(NC(=NC)NCc2cc(OC)ccc2O)CC1.I. The minimum absolute atomic E-state index is 0. The molecule has 0 bridgehead atoms. The lowest BCUT2D eigenvalue weighted by molar-refractivity contribution is 0.304. The maximum Gasteiger partial charge on any atom is 0.191 e. The van der Waals surface area contributed by atoms with Gasteiger partial charge >= 0.3 is 0 Å². The Labute approximate surface area is 162 Å². The van der Waals surface area contributed by atoms with Gasteiger partial charge in [-0.05, 0) is 49.8 Å². The fourth-order valence-corrected chi connectivity index (χ4v) is 3.11. The number of aliphatic imine (C=N–C) groups is 1. The summed E-state index contributed by atoms with van der Waals surface area (Å²) >= 11 is 0. The molecule has 1 saturated carbocycles. The van der Waals surface area contributed by atoms with Gasteiger partial charge in [-0.3, -0.25) is 4.99 Å². The maximum absolute atomic E-state index is 9.94. The molecule has 1 fully saturated rings. The number of hydrogen-bond acceptors (Lipinski definition) is 3. The molecular formula is C18H30IN3O2. The van der Waals surface area contributed by atoms with Crippen molar-refractivity contribution in [3.8, 4) is 11.5 Å². The van der Waals surface area contributed by atoms with Crippen LogP contribution in [-0.4, -0.2) is 31.3 Å². The summed E-state index contributed by atoms with van der Waals surface area (Å²) < 4.78 is 5.20. The van der Waals surface area contributed by atoms with Crippen LogP contribution in [0.5, 0.6) is 11.5 Å². The van der Waals surface area contributed by atoms with Gasteiger partial charge in [0, 0.05) is 25.2 Å². The molecule has 0 aliphatic heterocycles. The molecular weight excluding hydrogens is 417 g/mol. The van der Waals surface area contributed by atoms with Crippen molar-refractivity contribution in [3.05, 3.63) is 23.8 Å². The molecule has 24 heavy (non-hydrogen) atoms. The van der Waals surface area contributed by atoms with E-state index in [4.69, 9.17) is 4.74 Å². The van der Waals surface area contributed by atoms with Crippen molar-refractivity contribution in [2.75, 3.05) is 14.2 Å². The largest absolute Gasteiger partial charge is 0.508 e. The summed E-state index contributed by atoms with van der Waals surface area (Å²) in [6.45, 7) is 2.78. The Morgan fingerprint density at radius 2 is 2.00 bits per heavy atom. The zero-order chi connectivity index (χ0) is 16.7. The zero-order valence-electron chi connectivity index (χ0n) is 14.8. The van der Waals surface area contributed by atoms with E-state index >= 15 is 0 Å². The molecule has 1 aliphatic rings. The first-order chi connectivity index (χ1) is 11.2. The third-order valence-corrected chi connectivity index (χ3v) is 4.72. The fraction of sp³-hybridized carbons (Fsp3) is 0.611. The van der Waals surface area contributed by atoms with Crippen LogP contribution in [0.15, 0.2) is 23.2 Å². The molecule has 1 aliphatic carbocycles. The van der Waals surface area contributed by atoms with Gasteiger partial charge in [-0.2, -0.15) is 0 Å². The normalized spacial score (nSPS) is 20.9. The van der Waals surface area contributed by atoms with Crippen molar-refractivity contribution in [2.24, 2.45) is 10.9 Å². The van der Waals surface area contributed by atoms with Crippen molar-refractivity contribution < 1.29 is 9.84 Å². The van der Waals surface area contributed by atoms with Crippen LogP contribution in [0.25, 0.3) is 0 Å². The quantitative estimate of drug-likeness (QED) is 0.366. The van der Waals surface area contributed by atoms with Gasteiger partial charge in [0.1, 0.15) is 11.5 Å². The summed E-state index contributed by atoms with van der Waals surface area (Å²) in [6.07, 6.45) is 6.27. The monoisotopic (exact) mass is 447 g/mol. The lowest BCUT2D eigenvalue weighted by atomic mass is 9.84. The zero-order valence-corrected chi connectivity index (χ0v) is 17.2. The Bertz CT molecular complexity index is 529. The van der Waals surface area contributed by atoms with Crippen LogP contribution in [0.4, 0.5) is 0 Å². The van der Waals surface area contributed by atoms with Gasteiger partial charge < -0.3 is 20.5 Å². The summed E-state index contributed by atoms with van der Waals surface area (Å²) in [6, 6.07) is 5.72. The van der Waals surface area contributed by atoms with Gasteiger partial charge in [-0.1, -0.05) is 13.3 Å². The van der Waals surface area contributed by atoms with Crippen molar-refractivity contribution in [1.29, 1.82) is 0 Å². The number of aromatic hydroxyl groups is 1. The van der Waals surface area contributed by atoms with Gasteiger partial charge in [0.05, 0.1) is 7.11 Å². The highest BCUT2D eigenvalue weighted by Gasteiger charge is 2.20. The number of halogens is 1. The Balaban J connectivity index is 0.00000288. The lowest BCUT2D eigenvalue weighted by Gasteiger charge is -2.29. The Morgan fingerprint density at radius 1 is 1.29 bits per heavy atom. The van der Waals surface area contributed by atoms with Crippen LogP contribution in [0.1, 0.15) is 44.6 Å². The number of phenols is 1. The number of benzene rings is 1. The average Bonchev–Trinajstić information content (AvgIpc) is 2.60. The number of guanidine groups is 1. The van der Waals surface area contributed by atoms with E-state index in [0.29, 0.717) is 12.6 Å². The van der Waals surface area contributed by atoms with Gasteiger partial charge in [-0.15, -0.1) is 24.0 Å². The van der Waals surface area contributed by atoms with Gasteiger partial charge in [0.15, 0.2) is 5.96 Å². The van der Waals surface area contributed by atoms with Gasteiger partial charge in [-0.25, -0.2) is 0 Å². The van der Waals surface area contributed by atoms with E-state index in [1.807, 2.05) is 6.07 Å². The minimum atomic E-state index is 0. The molecule has 0 unspecified atom stereocenters. The Kier molecular flexibility index (Phi) is 9.25. The second-order valence-corrected chi connectivity index (χ2v) is 6.19. The van der Waals surface area contributed by atoms with Crippen molar-refractivity contribution >= 4 is 29.9 Å². The molecule has 6 heteroatoms. The molecule has 136 valence electrons. The summed E-state index contributed by atoms with van der Waals surface area (Å²) in [5.74, 6) is 2.67. The van der Waals surface area contributed by atoms with Crippen LogP contribution >= 0.6 is 24.0 Å². The molecule has 2 rings (SSSR count). The molecule has 0 aromatic heterocycles.